The van der Waals surface area contributed by atoms with E-state index in [0.717, 1.165) is 48.3 Å². The van der Waals surface area contributed by atoms with E-state index in [1.54, 1.807) is 18.5 Å². The van der Waals surface area contributed by atoms with E-state index in [9.17, 15) is 4.79 Å². The smallest absolute Gasteiger partial charge is 0.239 e. The lowest BCUT2D eigenvalue weighted by Gasteiger charge is -2.35. The Labute approximate surface area is 162 Å². The van der Waals surface area contributed by atoms with E-state index in [1.165, 1.54) is 0 Å². The summed E-state index contributed by atoms with van der Waals surface area (Å²) in [6.07, 6.45) is 3.59. The zero-order valence-electron chi connectivity index (χ0n) is 15.6. The topological polar surface area (TPSA) is 101 Å². The molecule has 2 N–H and O–H groups in total. The highest BCUT2D eigenvalue weighted by Crippen LogP contribution is 2.24. The molecule has 0 bridgehead atoms. The average molecular weight is 375 g/mol. The van der Waals surface area contributed by atoms with Crippen molar-refractivity contribution in [1.29, 1.82) is 5.26 Å². The number of carbonyl (C=O) groups is 1. The van der Waals surface area contributed by atoms with Crippen LogP contribution >= 0.6 is 0 Å². The first-order valence-electron chi connectivity index (χ1n) is 9.20. The SMILES string of the molecule is Cc1cc2c(NC(=O)CN3CCN(c4ccncc4)CC3)n[nH]c2cc1C#N. The molecule has 0 saturated carbocycles. The third-order valence-corrected chi connectivity index (χ3v) is 5.05. The van der Waals surface area contributed by atoms with Crippen LogP contribution in [0.5, 0.6) is 0 Å². The Morgan fingerprint density at radius 2 is 2.00 bits per heavy atom. The first kappa shape index (κ1) is 17.9. The molecule has 1 aromatic carbocycles. The molecule has 0 aliphatic carbocycles. The Kier molecular flexibility index (Phi) is 4.91. The number of hydrogen-bond acceptors (Lipinski definition) is 6. The number of anilines is 2. The summed E-state index contributed by atoms with van der Waals surface area (Å²) >= 11 is 0. The fourth-order valence-corrected chi connectivity index (χ4v) is 3.48. The molecule has 28 heavy (non-hydrogen) atoms. The van der Waals surface area contributed by atoms with Crippen LogP contribution in [0.15, 0.2) is 36.7 Å². The Hall–Kier alpha value is -3.44. The van der Waals surface area contributed by atoms with Crippen molar-refractivity contribution in [1.82, 2.24) is 20.1 Å². The van der Waals surface area contributed by atoms with Crippen molar-refractivity contribution in [3.05, 3.63) is 47.8 Å². The zero-order valence-corrected chi connectivity index (χ0v) is 15.6. The van der Waals surface area contributed by atoms with Crippen LogP contribution in [-0.2, 0) is 4.79 Å². The highest BCUT2D eigenvalue weighted by molar-refractivity contribution is 6.00. The molecule has 1 saturated heterocycles. The molecule has 0 spiro atoms. The van der Waals surface area contributed by atoms with Crippen molar-refractivity contribution in [2.45, 2.75) is 6.92 Å². The number of nitrogens with one attached hydrogen (secondary N) is 2. The molecule has 4 rings (SSSR count). The Morgan fingerprint density at radius 3 is 2.71 bits per heavy atom. The van der Waals surface area contributed by atoms with Gasteiger partial charge in [-0.1, -0.05) is 0 Å². The third-order valence-electron chi connectivity index (χ3n) is 5.05. The van der Waals surface area contributed by atoms with Crippen molar-refractivity contribution >= 4 is 28.3 Å². The van der Waals surface area contributed by atoms with Gasteiger partial charge in [0.2, 0.25) is 5.91 Å². The fraction of sp³-hybridized carbons (Fsp3) is 0.300. The molecule has 1 aliphatic heterocycles. The molecule has 1 fully saturated rings. The highest BCUT2D eigenvalue weighted by atomic mass is 16.2. The summed E-state index contributed by atoms with van der Waals surface area (Å²) in [5.74, 6) is 0.413. The average Bonchev–Trinajstić information content (AvgIpc) is 3.10. The second-order valence-corrected chi connectivity index (χ2v) is 6.91. The largest absolute Gasteiger partial charge is 0.369 e. The van der Waals surface area contributed by atoms with Gasteiger partial charge in [-0.05, 0) is 36.8 Å². The number of H-pyrrole nitrogens is 1. The molecule has 8 nitrogen and oxygen atoms in total. The number of aromatic nitrogens is 3. The monoisotopic (exact) mass is 375 g/mol. The Morgan fingerprint density at radius 1 is 1.25 bits per heavy atom. The minimum absolute atomic E-state index is 0.0900. The first-order valence-corrected chi connectivity index (χ1v) is 9.20. The fourth-order valence-electron chi connectivity index (χ4n) is 3.48. The summed E-state index contributed by atoms with van der Waals surface area (Å²) in [6.45, 7) is 5.59. The lowest BCUT2D eigenvalue weighted by Crippen LogP contribution is -2.48. The number of fused-ring (bicyclic) bond motifs is 1. The Bertz CT molecular complexity index is 1030. The lowest BCUT2D eigenvalue weighted by molar-refractivity contribution is -0.117. The molecular formula is C20H21N7O. The number of nitriles is 1. The summed E-state index contributed by atoms with van der Waals surface area (Å²) < 4.78 is 0. The number of nitrogens with zero attached hydrogens (tertiary/aromatic N) is 5. The van der Waals surface area contributed by atoms with Crippen LogP contribution in [0.4, 0.5) is 11.5 Å². The minimum atomic E-state index is -0.0900. The van der Waals surface area contributed by atoms with Crippen molar-refractivity contribution in [3.63, 3.8) is 0 Å². The van der Waals surface area contributed by atoms with Gasteiger partial charge >= 0.3 is 0 Å². The molecule has 1 amide bonds. The quantitative estimate of drug-likeness (QED) is 0.722. The van der Waals surface area contributed by atoms with Crippen LogP contribution in [0.3, 0.4) is 0 Å². The molecule has 3 heterocycles. The second-order valence-electron chi connectivity index (χ2n) is 6.91. The van der Waals surface area contributed by atoms with E-state index < -0.39 is 0 Å². The van der Waals surface area contributed by atoms with Gasteiger partial charge < -0.3 is 10.2 Å². The van der Waals surface area contributed by atoms with Crippen LogP contribution in [-0.4, -0.2) is 58.7 Å². The predicted molar refractivity (Wildman–Crippen MR) is 107 cm³/mol. The lowest BCUT2D eigenvalue weighted by atomic mass is 10.1. The van der Waals surface area contributed by atoms with Crippen LogP contribution in [0.2, 0.25) is 0 Å². The molecular weight excluding hydrogens is 354 g/mol. The van der Waals surface area contributed by atoms with Crippen molar-refractivity contribution in [2.24, 2.45) is 0 Å². The number of piperazine rings is 1. The predicted octanol–water partition coefficient (Wildman–Crippen LogP) is 1.90. The molecule has 3 aromatic rings. The van der Waals surface area contributed by atoms with Gasteiger partial charge in [0.1, 0.15) is 0 Å². The van der Waals surface area contributed by atoms with Crippen molar-refractivity contribution in [2.75, 3.05) is 42.9 Å². The van der Waals surface area contributed by atoms with E-state index in [4.69, 9.17) is 5.26 Å². The first-order chi connectivity index (χ1) is 13.6. The number of aromatic amines is 1. The maximum absolute atomic E-state index is 12.5. The number of amides is 1. The van der Waals surface area contributed by atoms with E-state index in [0.29, 0.717) is 17.9 Å². The molecule has 2 aromatic heterocycles. The number of hydrogen-bond donors (Lipinski definition) is 2. The van der Waals surface area contributed by atoms with E-state index in [2.05, 4.69) is 36.4 Å². The van der Waals surface area contributed by atoms with E-state index in [1.807, 2.05) is 25.1 Å². The summed E-state index contributed by atoms with van der Waals surface area (Å²) in [7, 11) is 0. The van der Waals surface area contributed by atoms with Crippen LogP contribution in [0, 0.1) is 18.3 Å². The van der Waals surface area contributed by atoms with Gasteiger partial charge in [0, 0.05) is 49.6 Å². The summed E-state index contributed by atoms with van der Waals surface area (Å²) in [4.78, 5) is 21.0. The minimum Gasteiger partial charge on any atom is -0.369 e. The molecule has 0 atom stereocenters. The summed E-state index contributed by atoms with van der Waals surface area (Å²) in [5.41, 5.74) is 3.36. The number of rotatable bonds is 4. The van der Waals surface area contributed by atoms with Gasteiger partial charge in [0.25, 0.3) is 0 Å². The summed E-state index contributed by atoms with van der Waals surface area (Å²) in [6, 6.07) is 9.80. The summed E-state index contributed by atoms with van der Waals surface area (Å²) in [5, 5.41) is 19.9. The van der Waals surface area contributed by atoms with Crippen LogP contribution in [0.1, 0.15) is 11.1 Å². The molecule has 142 valence electrons. The van der Waals surface area contributed by atoms with Gasteiger partial charge in [-0.15, -0.1) is 0 Å². The number of carbonyl (C=O) groups excluding carboxylic acids is 1. The standard InChI is InChI=1S/C20H21N7O/c1-14-10-17-18(11-15(14)12-21)24-25-20(17)23-19(28)13-26-6-8-27(9-7-26)16-2-4-22-5-3-16/h2-5,10-11H,6-9,13H2,1H3,(H2,23,24,25,28). The highest BCUT2D eigenvalue weighted by Gasteiger charge is 2.20. The second kappa shape index (κ2) is 7.66. The zero-order chi connectivity index (χ0) is 19.5. The molecule has 0 radical (unpaired) electrons. The van der Waals surface area contributed by atoms with Crippen molar-refractivity contribution < 1.29 is 4.79 Å². The van der Waals surface area contributed by atoms with E-state index >= 15 is 0 Å². The van der Waals surface area contributed by atoms with Gasteiger partial charge in [0.05, 0.1) is 23.7 Å². The number of pyridine rings is 1. The van der Waals surface area contributed by atoms with Crippen molar-refractivity contribution in [3.8, 4) is 6.07 Å². The van der Waals surface area contributed by atoms with Crippen LogP contribution < -0.4 is 10.2 Å². The van der Waals surface area contributed by atoms with Gasteiger partial charge in [-0.2, -0.15) is 10.4 Å². The maximum atomic E-state index is 12.5. The van der Waals surface area contributed by atoms with Gasteiger partial charge in [0.15, 0.2) is 5.82 Å². The Balaban J connectivity index is 1.36. The molecule has 8 heteroatoms. The van der Waals surface area contributed by atoms with E-state index in [-0.39, 0.29) is 5.91 Å². The molecule has 1 aliphatic rings. The third kappa shape index (κ3) is 3.66. The van der Waals surface area contributed by atoms with Gasteiger partial charge in [-0.25, -0.2) is 0 Å². The maximum Gasteiger partial charge on any atom is 0.239 e. The number of benzene rings is 1. The van der Waals surface area contributed by atoms with Gasteiger partial charge in [-0.3, -0.25) is 19.8 Å². The molecule has 0 unspecified atom stereocenters. The van der Waals surface area contributed by atoms with Crippen LogP contribution in [0.25, 0.3) is 10.9 Å². The normalized spacial score (nSPS) is 14.8. The number of aryl methyl sites for hydroxylation is 1.